The highest BCUT2D eigenvalue weighted by Crippen LogP contribution is 2.27. The second kappa shape index (κ2) is 14.2. The first-order chi connectivity index (χ1) is 19.7. The molecule has 0 aromatic heterocycles. The third kappa shape index (κ3) is 8.87. The Morgan fingerprint density at radius 2 is 1.46 bits per heavy atom. The van der Waals surface area contributed by atoms with Crippen LogP contribution in [0, 0.1) is 0 Å². The van der Waals surface area contributed by atoms with Crippen molar-refractivity contribution in [2.24, 2.45) is 0 Å². The number of rotatable bonds is 9. The summed E-state index contributed by atoms with van der Waals surface area (Å²) in [6.45, 7) is 1.80. The second-order valence-corrected chi connectivity index (χ2v) is 11.5. The van der Waals surface area contributed by atoms with Crippen LogP contribution < -0.4 is 16.0 Å². The van der Waals surface area contributed by atoms with Crippen LogP contribution >= 0.6 is 46.6 Å². The Balaban J connectivity index is 1.45. The van der Waals surface area contributed by atoms with Crippen LogP contribution in [0.2, 0.25) is 15.1 Å². The van der Waals surface area contributed by atoms with Gasteiger partial charge in [0.25, 0.3) is 11.8 Å². The number of carbonyl (C=O) groups is 3. The van der Waals surface area contributed by atoms with E-state index in [1.807, 2.05) is 0 Å². The molecule has 3 amide bonds. The Hall–Kier alpha value is -3.75. The third-order valence-electron chi connectivity index (χ3n) is 5.68. The van der Waals surface area contributed by atoms with Gasteiger partial charge < -0.3 is 16.0 Å². The van der Waals surface area contributed by atoms with Gasteiger partial charge in [-0.15, -0.1) is 11.8 Å². The van der Waals surface area contributed by atoms with Crippen LogP contribution in [0.3, 0.4) is 0 Å². The average Bonchev–Trinajstić information content (AvgIpc) is 2.95. The van der Waals surface area contributed by atoms with Gasteiger partial charge in [-0.3, -0.25) is 14.4 Å². The van der Waals surface area contributed by atoms with Crippen molar-refractivity contribution in [3.8, 4) is 0 Å². The van der Waals surface area contributed by atoms with Gasteiger partial charge in [0.2, 0.25) is 5.91 Å². The minimum Gasteiger partial charge on any atom is -0.325 e. The first kappa shape index (κ1) is 30.2. The van der Waals surface area contributed by atoms with Crippen molar-refractivity contribution in [2.45, 2.75) is 17.1 Å². The van der Waals surface area contributed by atoms with E-state index in [2.05, 4.69) is 16.0 Å². The summed E-state index contributed by atoms with van der Waals surface area (Å²) in [4.78, 5) is 39.6. The molecule has 0 fully saturated rings. The zero-order chi connectivity index (χ0) is 29.4. The predicted octanol–water partition coefficient (Wildman–Crippen LogP) is 8.18. The summed E-state index contributed by atoms with van der Waals surface area (Å²) >= 11 is 19.7. The molecule has 0 radical (unpaired) electrons. The molecule has 0 aliphatic rings. The topological polar surface area (TPSA) is 87.3 Å². The molecule has 41 heavy (non-hydrogen) atoms. The SMILES string of the molecule is CC(Sc1ccc(NC(=O)/C(=C/c2ccc(Cl)cc2Cl)NC(=O)c2ccccc2)cc1)C(=O)Nc1cccc(Cl)c1. The number of anilines is 2. The number of amides is 3. The number of hydrogen-bond donors (Lipinski definition) is 3. The van der Waals surface area contributed by atoms with Crippen molar-refractivity contribution in [3.05, 3.63) is 129 Å². The molecule has 0 aliphatic heterocycles. The molecule has 0 bridgehead atoms. The molecule has 10 heteroatoms. The lowest BCUT2D eigenvalue weighted by Gasteiger charge is -2.14. The smallest absolute Gasteiger partial charge is 0.272 e. The summed E-state index contributed by atoms with van der Waals surface area (Å²) in [5.74, 6) is -1.16. The molecular weight excluding hydrogens is 601 g/mol. The Bertz CT molecular complexity index is 1600. The normalized spacial score (nSPS) is 11.9. The van der Waals surface area contributed by atoms with Crippen LogP contribution in [0.1, 0.15) is 22.8 Å². The standard InChI is InChI=1S/C31H24Cl3N3O3S/c1-19(29(38)36-25-9-5-8-22(32)17-25)41-26-14-12-24(13-15-26)35-31(40)28(16-21-10-11-23(33)18-27(21)34)37-30(39)20-6-3-2-4-7-20/h2-19H,1H3,(H,35,40)(H,36,38)(H,37,39)/b28-16-. The fraction of sp³-hybridized carbons (Fsp3) is 0.0645. The quantitative estimate of drug-likeness (QED) is 0.129. The molecule has 1 atom stereocenters. The molecule has 0 heterocycles. The molecule has 4 aromatic carbocycles. The molecule has 0 saturated heterocycles. The summed E-state index contributed by atoms with van der Waals surface area (Å²) in [7, 11) is 0. The highest BCUT2D eigenvalue weighted by Gasteiger charge is 2.17. The predicted molar refractivity (Wildman–Crippen MR) is 169 cm³/mol. The lowest BCUT2D eigenvalue weighted by Crippen LogP contribution is -2.30. The first-order valence-electron chi connectivity index (χ1n) is 12.4. The maximum atomic E-state index is 13.3. The monoisotopic (exact) mass is 623 g/mol. The lowest BCUT2D eigenvalue weighted by molar-refractivity contribution is -0.115. The van der Waals surface area contributed by atoms with Crippen LogP contribution in [-0.2, 0) is 9.59 Å². The molecule has 1 unspecified atom stereocenters. The number of benzene rings is 4. The molecular formula is C31H24Cl3N3O3S. The van der Waals surface area contributed by atoms with Gasteiger partial charge in [0.15, 0.2) is 0 Å². The summed E-state index contributed by atoms with van der Waals surface area (Å²) in [6.07, 6.45) is 1.49. The van der Waals surface area contributed by atoms with Crippen molar-refractivity contribution in [1.82, 2.24) is 5.32 Å². The largest absolute Gasteiger partial charge is 0.325 e. The van der Waals surface area contributed by atoms with E-state index in [4.69, 9.17) is 34.8 Å². The number of thioether (sulfide) groups is 1. The van der Waals surface area contributed by atoms with E-state index < -0.39 is 11.8 Å². The van der Waals surface area contributed by atoms with Gasteiger partial charge in [0.05, 0.1) is 5.25 Å². The van der Waals surface area contributed by atoms with E-state index in [1.54, 1.807) is 104 Å². The molecule has 4 rings (SSSR count). The maximum absolute atomic E-state index is 13.3. The lowest BCUT2D eigenvalue weighted by atomic mass is 10.1. The van der Waals surface area contributed by atoms with Crippen molar-refractivity contribution in [1.29, 1.82) is 0 Å². The highest BCUT2D eigenvalue weighted by atomic mass is 35.5. The van der Waals surface area contributed by atoms with E-state index in [9.17, 15) is 14.4 Å². The summed E-state index contributed by atoms with van der Waals surface area (Å²) < 4.78 is 0. The van der Waals surface area contributed by atoms with Crippen LogP contribution in [-0.4, -0.2) is 23.0 Å². The van der Waals surface area contributed by atoms with E-state index in [-0.39, 0.29) is 16.9 Å². The van der Waals surface area contributed by atoms with Gasteiger partial charge in [-0.2, -0.15) is 0 Å². The van der Waals surface area contributed by atoms with Crippen LogP contribution in [0.25, 0.3) is 6.08 Å². The van der Waals surface area contributed by atoms with Crippen LogP contribution in [0.5, 0.6) is 0 Å². The van der Waals surface area contributed by atoms with Crippen LogP contribution in [0.4, 0.5) is 11.4 Å². The summed E-state index contributed by atoms with van der Waals surface area (Å²) in [5, 5.41) is 9.25. The van der Waals surface area contributed by atoms with Gasteiger partial charge in [-0.25, -0.2) is 0 Å². The van der Waals surface area contributed by atoms with Gasteiger partial charge in [-0.1, -0.05) is 65.1 Å². The second-order valence-electron chi connectivity index (χ2n) is 8.78. The van der Waals surface area contributed by atoms with E-state index >= 15 is 0 Å². The van der Waals surface area contributed by atoms with Crippen molar-refractivity contribution < 1.29 is 14.4 Å². The Morgan fingerprint density at radius 1 is 0.756 bits per heavy atom. The maximum Gasteiger partial charge on any atom is 0.272 e. The average molecular weight is 625 g/mol. The summed E-state index contributed by atoms with van der Waals surface area (Å²) in [6, 6.07) is 27.4. The van der Waals surface area contributed by atoms with Gasteiger partial charge in [-0.05, 0) is 85.3 Å². The fourth-order valence-corrected chi connectivity index (χ4v) is 5.12. The number of halogens is 3. The minimum atomic E-state index is -0.546. The Kier molecular flexibility index (Phi) is 10.5. The molecule has 0 spiro atoms. The summed E-state index contributed by atoms with van der Waals surface area (Å²) in [5.41, 5.74) is 2.01. The van der Waals surface area contributed by atoms with Gasteiger partial charge in [0, 0.05) is 36.9 Å². The molecule has 4 aromatic rings. The molecule has 0 aliphatic carbocycles. The zero-order valence-electron chi connectivity index (χ0n) is 21.7. The van der Waals surface area contributed by atoms with E-state index in [0.29, 0.717) is 37.6 Å². The molecule has 6 nitrogen and oxygen atoms in total. The Labute approximate surface area is 257 Å². The number of hydrogen-bond acceptors (Lipinski definition) is 4. The van der Waals surface area contributed by atoms with E-state index in [0.717, 1.165) is 4.90 Å². The number of nitrogens with one attached hydrogen (secondary N) is 3. The number of carbonyl (C=O) groups excluding carboxylic acids is 3. The minimum absolute atomic E-state index is 0.00663. The van der Waals surface area contributed by atoms with Gasteiger partial charge >= 0.3 is 0 Å². The molecule has 208 valence electrons. The first-order valence-corrected chi connectivity index (χ1v) is 14.4. The van der Waals surface area contributed by atoms with Crippen molar-refractivity contribution in [3.63, 3.8) is 0 Å². The van der Waals surface area contributed by atoms with Crippen molar-refractivity contribution in [2.75, 3.05) is 10.6 Å². The van der Waals surface area contributed by atoms with Crippen molar-refractivity contribution >= 4 is 81.7 Å². The third-order valence-corrected chi connectivity index (χ3v) is 7.59. The van der Waals surface area contributed by atoms with E-state index in [1.165, 1.54) is 17.8 Å². The molecule has 3 N–H and O–H groups in total. The Morgan fingerprint density at radius 3 is 2.15 bits per heavy atom. The highest BCUT2D eigenvalue weighted by molar-refractivity contribution is 8.00. The molecule has 0 saturated carbocycles. The zero-order valence-corrected chi connectivity index (χ0v) is 24.7. The fourth-order valence-electron chi connectivity index (χ4n) is 3.60. The van der Waals surface area contributed by atoms with Gasteiger partial charge in [0.1, 0.15) is 5.70 Å². The van der Waals surface area contributed by atoms with Crippen LogP contribution in [0.15, 0.2) is 108 Å².